The molecule has 0 amide bonds. The van der Waals surface area contributed by atoms with Crippen LogP contribution in [0.15, 0.2) is 42.6 Å². The quantitative estimate of drug-likeness (QED) is 0.841. The highest BCUT2D eigenvalue weighted by molar-refractivity contribution is 5.48. The second kappa shape index (κ2) is 4.18. The van der Waals surface area contributed by atoms with Gasteiger partial charge in [0, 0.05) is 12.8 Å². The van der Waals surface area contributed by atoms with Gasteiger partial charge in [0.15, 0.2) is 0 Å². The van der Waals surface area contributed by atoms with Crippen LogP contribution in [0.5, 0.6) is 0 Å². The summed E-state index contributed by atoms with van der Waals surface area (Å²) in [4.78, 5) is 0. The van der Waals surface area contributed by atoms with Crippen LogP contribution in [0.3, 0.4) is 0 Å². The van der Waals surface area contributed by atoms with Crippen molar-refractivity contribution in [2.24, 2.45) is 5.41 Å². The van der Waals surface area contributed by atoms with Crippen molar-refractivity contribution in [3.63, 3.8) is 0 Å². The van der Waals surface area contributed by atoms with Gasteiger partial charge in [-0.3, -0.25) is 5.01 Å². The molecule has 0 radical (unpaired) electrons. The van der Waals surface area contributed by atoms with Crippen molar-refractivity contribution in [3.05, 3.63) is 42.6 Å². The minimum atomic E-state index is -0.0232. The van der Waals surface area contributed by atoms with Gasteiger partial charge < -0.3 is 10.2 Å². The number of benzene rings is 1. The first kappa shape index (κ1) is 11.0. The standard InChI is InChI=1S/C13H18N2O/c1-11-13(2,10-16-3)9-15(14-11)12-7-5-4-6-8-12/h4-8,14H,1,9-10H2,2-3H3. The zero-order valence-corrected chi connectivity index (χ0v) is 9.86. The van der Waals surface area contributed by atoms with Gasteiger partial charge in [-0.2, -0.15) is 0 Å². The molecule has 1 aromatic rings. The van der Waals surface area contributed by atoms with Gasteiger partial charge in [-0.15, -0.1) is 0 Å². The lowest BCUT2D eigenvalue weighted by molar-refractivity contribution is 0.127. The summed E-state index contributed by atoms with van der Waals surface area (Å²) in [5.41, 5.74) is 5.45. The Morgan fingerprint density at radius 2 is 2.12 bits per heavy atom. The third-order valence-corrected chi connectivity index (χ3v) is 3.04. The highest BCUT2D eigenvalue weighted by Gasteiger charge is 2.37. The number of hydrogen-bond acceptors (Lipinski definition) is 3. The molecule has 1 N–H and O–H groups in total. The number of hydrazine groups is 1. The van der Waals surface area contributed by atoms with E-state index in [9.17, 15) is 0 Å². The van der Waals surface area contributed by atoms with E-state index in [1.54, 1.807) is 7.11 Å². The molecular weight excluding hydrogens is 200 g/mol. The Morgan fingerprint density at radius 1 is 1.44 bits per heavy atom. The molecular formula is C13H18N2O. The smallest absolute Gasteiger partial charge is 0.0589 e. The SMILES string of the molecule is C=C1NN(c2ccccc2)CC1(C)COC. The number of para-hydroxylation sites is 1. The largest absolute Gasteiger partial charge is 0.384 e. The fourth-order valence-corrected chi connectivity index (χ4v) is 2.00. The molecule has 1 aliphatic heterocycles. The fourth-order valence-electron chi connectivity index (χ4n) is 2.00. The van der Waals surface area contributed by atoms with E-state index >= 15 is 0 Å². The Kier molecular flexibility index (Phi) is 2.88. The van der Waals surface area contributed by atoms with Gasteiger partial charge in [-0.1, -0.05) is 31.7 Å². The van der Waals surface area contributed by atoms with E-state index in [-0.39, 0.29) is 5.41 Å². The number of ether oxygens (including phenoxy) is 1. The molecule has 2 rings (SSSR count). The molecule has 1 saturated heterocycles. The second-order valence-electron chi connectivity index (χ2n) is 4.51. The first-order valence-electron chi connectivity index (χ1n) is 5.43. The first-order valence-corrected chi connectivity index (χ1v) is 5.43. The van der Waals surface area contributed by atoms with E-state index in [0.717, 1.165) is 17.9 Å². The van der Waals surface area contributed by atoms with E-state index in [4.69, 9.17) is 4.74 Å². The van der Waals surface area contributed by atoms with Crippen molar-refractivity contribution in [2.75, 3.05) is 25.3 Å². The Balaban J connectivity index is 2.15. The predicted octanol–water partition coefficient (Wildman–Crippen LogP) is 2.18. The normalized spacial score (nSPS) is 24.6. The van der Waals surface area contributed by atoms with E-state index in [0.29, 0.717) is 6.61 Å². The highest BCUT2D eigenvalue weighted by atomic mass is 16.5. The van der Waals surface area contributed by atoms with Gasteiger partial charge in [0.1, 0.15) is 0 Å². The lowest BCUT2D eigenvalue weighted by atomic mass is 9.90. The molecule has 0 spiro atoms. The molecule has 1 aromatic carbocycles. The van der Waals surface area contributed by atoms with Crippen LogP contribution in [0.4, 0.5) is 5.69 Å². The van der Waals surface area contributed by atoms with Crippen molar-refractivity contribution in [1.29, 1.82) is 0 Å². The van der Waals surface area contributed by atoms with Crippen LogP contribution in [-0.4, -0.2) is 20.3 Å². The lowest BCUT2D eigenvalue weighted by Gasteiger charge is -2.22. The van der Waals surface area contributed by atoms with Crippen LogP contribution in [0.1, 0.15) is 6.92 Å². The Labute approximate surface area is 96.7 Å². The second-order valence-corrected chi connectivity index (χ2v) is 4.51. The zero-order chi connectivity index (χ0) is 11.6. The van der Waals surface area contributed by atoms with E-state index < -0.39 is 0 Å². The number of nitrogens with zero attached hydrogens (tertiary/aromatic N) is 1. The van der Waals surface area contributed by atoms with E-state index in [1.807, 2.05) is 18.2 Å². The maximum absolute atomic E-state index is 5.26. The van der Waals surface area contributed by atoms with Crippen LogP contribution in [0.2, 0.25) is 0 Å². The zero-order valence-electron chi connectivity index (χ0n) is 9.86. The van der Waals surface area contributed by atoms with Crippen LogP contribution in [-0.2, 0) is 4.74 Å². The maximum Gasteiger partial charge on any atom is 0.0589 e. The van der Waals surface area contributed by atoms with Gasteiger partial charge in [0.05, 0.1) is 24.3 Å². The number of methoxy groups -OCH3 is 1. The molecule has 0 saturated carbocycles. The molecule has 86 valence electrons. The van der Waals surface area contributed by atoms with E-state index in [1.165, 1.54) is 0 Å². The molecule has 1 atom stereocenters. The molecule has 1 unspecified atom stereocenters. The fraction of sp³-hybridized carbons (Fsp3) is 0.385. The summed E-state index contributed by atoms with van der Waals surface area (Å²) >= 11 is 0. The van der Waals surface area contributed by atoms with Gasteiger partial charge in [-0.05, 0) is 12.1 Å². The molecule has 1 aliphatic rings. The summed E-state index contributed by atoms with van der Waals surface area (Å²) in [6.45, 7) is 7.79. The predicted molar refractivity (Wildman–Crippen MR) is 66.0 cm³/mol. The van der Waals surface area contributed by atoms with Gasteiger partial charge in [-0.25, -0.2) is 0 Å². The van der Waals surface area contributed by atoms with Crippen LogP contribution < -0.4 is 10.4 Å². The van der Waals surface area contributed by atoms with Crippen LogP contribution in [0.25, 0.3) is 0 Å². The number of nitrogens with one attached hydrogen (secondary N) is 1. The summed E-state index contributed by atoms with van der Waals surface area (Å²) < 4.78 is 5.26. The molecule has 0 aromatic heterocycles. The monoisotopic (exact) mass is 218 g/mol. The molecule has 3 heteroatoms. The lowest BCUT2D eigenvalue weighted by Crippen LogP contribution is -2.31. The average Bonchev–Trinajstić information content (AvgIpc) is 2.57. The topological polar surface area (TPSA) is 24.5 Å². The molecule has 1 fully saturated rings. The van der Waals surface area contributed by atoms with Gasteiger partial charge in [0.2, 0.25) is 0 Å². The maximum atomic E-state index is 5.26. The summed E-state index contributed by atoms with van der Waals surface area (Å²) in [5, 5.41) is 2.11. The van der Waals surface area contributed by atoms with Gasteiger partial charge >= 0.3 is 0 Å². The Morgan fingerprint density at radius 3 is 2.75 bits per heavy atom. The first-order chi connectivity index (χ1) is 7.65. The van der Waals surface area contributed by atoms with Crippen molar-refractivity contribution in [3.8, 4) is 0 Å². The molecule has 16 heavy (non-hydrogen) atoms. The van der Waals surface area contributed by atoms with Crippen molar-refractivity contribution in [2.45, 2.75) is 6.92 Å². The summed E-state index contributed by atoms with van der Waals surface area (Å²) in [6, 6.07) is 10.2. The average molecular weight is 218 g/mol. The number of hydrogen-bond donors (Lipinski definition) is 1. The van der Waals surface area contributed by atoms with E-state index in [2.05, 4.69) is 36.1 Å². The van der Waals surface area contributed by atoms with Crippen LogP contribution >= 0.6 is 0 Å². The molecule has 1 heterocycles. The number of rotatable bonds is 3. The summed E-state index contributed by atoms with van der Waals surface area (Å²) in [7, 11) is 1.73. The Bertz CT molecular complexity index is 377. The third-order valence-electron chi connectivity index (χ3n) is 3.04. The minimum Gasteiger partial charge on any atom is -0.384 e. The van der Waals surface area contributed by atoms with Crippen molar-refractivity contribution in [1.82, 2.24) is 5.43 Å². The molecule has 3 nitrogen and oxygen atoms in total. The van der Waals surface area contributed by atoms with Crippen molar-refractivity contribution >= 4 is 5.69 Å². The minimum absolute atomic E-state index is 0.0232. The van der Waals surface area contributed by atoms with Crippen LogP contribution in [0, 0.1) is 5.41 Å². The molecule has 0 bridgehead atoms. The highest BCUT2D eigenvalue weighted by Crippen LogP contribution is 2.33. The summed E-state index contributed by atoms with van der Waals surface area (Å²) in [6.07, 6.45) is 0. The third kappa shape index (κ3) is 1.91. The summed E-state index contributed by atoms with van der Waals surface area (Å²) in [5.74, 6) is 0. The number of anilines is 1. The Hall–Kier alpha value is -1.48. The van der Waals surface area contributed by atoms with Gasteiger partial charge in [0.25, 0.3) is 0 Å². The van der Waals surface area contributed by atoms with Crippen molar-refractivity contribution < 1.29 is 4.74 Å². The molecule has 0 aliphatic carbocycles.